The first-order chi connectivity index (χ1) is 17.3. The molecule has 1 atom stereocenters. The van der Waals surface area contributed by atoms with Crippen LogP contribution in [0, 0.1) is 11.7 Å². The Balaban J connectivity index is 1.92. The Morgan fingerprint density at radius 1 is 1.27 bits per heavy atom. The first-order valence-electron chi connectivity index (χ1n) is 11.2. The van der Waals surface area contributed by atoms with Crippen molar-refractivity contribution in [2.24, 2.45) is 5.92 Å². The number of nitrogens with zero attached hydrogens (tertiary/aromatic N) is 2. The minimum absolute atomic E-state index is 0.0193. The third-order valence-electron chi connectivity index (χ3n) is 5.30. The van der Waals surface area contributed by atoms with Crippen molar-refractivity contribution in [3.05, 3.63) is 68.7 Å². The van der Waals surface area contributed by atoms with Crippen molar-refractivity contribution in [3.63, 3.8) is 0 Å². The minimum atomic E-state index is -4.89. The van der Waals surface area contributed by atoms with Gasteiger partial charge in [-0.3, -0.25) is 14.9 Å². The Hall–Kier alpha value is -2.96. The van der Waals surface area contributed by atoms with Crippen LogP contribution in [0.2, 0.25) is 4.34 Å². The van der Waals surface area contributed by atoms with Crippen LogP contribution in [0.4, 0.5) is 22.7 Å². The molecule has 7 nitrogen and oxygen atoms in total. The number of alkyl halides is 3. The third kappa shape index (κ3) is 7.08. The lowest BCUT2D eigenvalue weighted by molar-refractivity contribution is -0.142. The summed E-state index contributed by atoms with van der Waals surface area (Å²) >= 11 is 7.06. The molecule has 1 unspecified atom stereocenters. The van der Waals surface area contributed by atoms with E-state index in [1.165, 1.54) is 22.9 Å². The molecule has 2 heterocycles. The number of hydrogen-bond donors (Lipinski definition) is 2. The van der Waals surface area contributed by atoms with E-state index in [-0.39, 0.29) is 51.9 Å². The zero-order valence-electron chi connectivity index (χ0n) is 20.0. The summed E-state index contributed by atoms with van der Waals surface area (Å²) in [6.45, 7) is 5.16. The molecule has 0 spiro atoms. The van der Waals surface area contributed by atoms with E-state index in [1.54, 1.807) is 20.8 Å². The normalized spacial score (nSPS) is 12.6. The number of carbonyl (C=O) groups is 2. The van der Waals surface area contributed by atoms with Gasteiger partial charge >= 0.3 is 12.1 Å². The summed E-state index contributed by atoms with van der Waals surface area (Å²) in [4.78, 5) is 29.0. The Bertz CT molecular complexity index is 1290. The maximum Gasteiger partial charge on any atom is 0.419 e. The number of nitrogens with one attached hydrogen (secondary N) is 1. The molecule has 3 aromatic rings. The van der Waals surface area contributed by atoms with E-state index in [0.29, 0.717) is 17.7 Å². The largest absolute Gasteiger partial charge is 0.466 e. The first-order valence-corrected chi connectivity index (χ1v) is 12.4. The summed E-state index contributed by atoms with van der Waals surface area (Å²) in [5.41, 5.74) is -0.711. The number of rotatable bonds is 9. The number of esters is 1. The summed E-state index contributed by atoms with van der Waals surface area (Å²) in [5.74, 6) is -2.82. The molecule has 3 rings (SSSR count). The molecule has 0 radical (unpaired) electrons. The topological polar surface area (TPSA) is 93.4 Å². The number of ether oxygens (including phenoxy) is 1. The van der Waals surface area contributed by atoms with Crippen molar-refractivity contribution in [1.82, 2.24) is 9.55 Å². The Morgan fingerprint density at radius 3 is 2.59 bits per heavy atom. The molecule has 13 heteroatoms. The number of aromatic nitrogens is 2. The Labute approximate surface area is 219 Å². The summed E-state index contributed by atoms with van der Waals surface area (Å²) < 4.78 is 59.7. The van der Waals surface area contributed by atoms with Crippen LogP contribution in [0.15, 0.2) is 30.5 Å². The van der Waals surface area contributed by atoms with Crippen molar-refractivity contribution in [2.75, 3.05) is 11.9 Å². The molecule has 0 saturated carbocycles. The highest BCUT2D eigenvalue weighted by molar-refractivity contribution is 7.19. The van der Waals surface area contributed by atoms with Crippen LogP contribution < -0.4 is 5.32 Å². The molecule has 0 aliphatic carbocycles. The Morgan fingerprint density at radius 2 is 1.97 bits per heavy atom. The van der Waals surface area contributed by atoms with Crippen LogP contribution >= 0.6 is 22.9 Å². The highest BCUT2D eigenvalue weighted by Gasteiger charge is 2.34. The van der Waals surface area contributed by atoms with Crippen LogP contribution in [0.25, 0.3) is 0 Å². The standard InChI is InChI=1S/C24H24ClF4N3O4S/c1-4-36-19(33)9-17-21(25)37-23(30-17)31-22(35)18-8-14(20(34)12(2)3)11-32(18)10-13-5-6-16(26)15(7-13)24(27,28)29/h5-8,11-12,20,34H,4,9-10H2,1-3H3,(H,30,31,35). The fourth-order valence-electron chi connectivity index (χ4n) is 3.49. The first kappa shape index (κ1) is 28.6. The van der Waals surface area contributed by atoms with Gasteiger partial charge in [0.1, 0.15) is 15.8 Å². The fourth-order valence-corrected chi connectivity index (χ4v) is 4.52. The monoisotopic (exact) mass is 561 g/mol. The fraction of sp³-hybridized carbons (Fsp3) is 0.375. The molecule has 0 fully saturated rings. The maximum absolute atomic E-state index is 13.7. The lowest BCUT2D eigenvalue weighted by atomic mass is 10.0. The summed E-state index contributed by atoms with van der Waals surface area (Å²) in [6, 6.07) is 4.00. The smallest absolute Gasteiger partial charge is 0.419 e. The van der Waals surface area contributed by atoms with Crippen LogP contribution in [0.3, 0.4) is 0 Å². The zero-order chi connectivity index (χ0) is 27.5. The van der Waals surface area contributed by atoms with E-state index in [1.807, 2.05) is 0 Å². The van der Waals surface area contributed by atoms with Gasteiger partial charge in [0.2, 0.25) is 0 Å². The van der Waals surface area contributed by atoms with Crippen molar-refractivity contribution in [2.45, 2.75) is 46.0 Å². The second kappa shape index (κ2) is 11.6. The molecule has 37 heavy (non-hydrogen) atoms. The molecule has 2 N–H and O–H groups in total. The molecule has 0 aliphatic heterocycles. The van der Waals surface area contributed by atoms with E-state index < -0.39 is 35.5 Å². The number of halogens is 5. The lowest BCUT2D eigenvalue weighted by Gasteiger charge is -2.13. The number of aliphatic hydroxyl groups excluding tert-OH is 1. The van der Waals surface area contributed by atoms with Gasteiger partial charge in [-0.2, -0.15) is 13.2 Å². The van der Waals surface area contributed by atoms with Crippen LogP contribution in [0.1, 0.15) is 59.7 Å². The van der Waals surface area contributed by atoms with Gasteiger partial charge in [-0.15, -0.1) is 0 Å². The van der Waals surface area contributed by atoms with Gasteiger partial charge in [-0.25, -0.2) is 9.37 Å². The van der Waals surface area contributed by atoms with Crippen molar-refractivity contribution in [3.8, 4) is 0 Å². The lowest BCUT2D eigenvalue weighted by Crippen LogP contribution is -2.17. The predicted molar refractivity (Wildman–Crippen MR) is 130 cm³/mol. The van der Waals surface area contributed by atoms with E-state index >= 15 is 0 Å². The van der Waals surface area contributed by atoms with Gasteiger partial charge in [0.25, 0.3) is 5.91 Å². The maximum atomic E-state index is 13.7. The zero-order valence-corrected chi connectivity index (χ0v) is 21.6. The van der Waals surface area contributed by atoms with Gasteiger partial charge in [0, 0.05) is 12.7 Å². The molecule has 0 aliphatic rings. The van der Waals surface area contributed by atoms with Crippen LogP contribution in [-0.4, -0.2) is 33.1 Å². The second-order valence-corrected chi connectivity index (χ2v) is 10.1. The molecular weight excluding hydrogens is 538 g/mol. The number of carbonyl (C=O) groups excluding carboxylic acids is 2. The van der Waals surface area contributed by atoms with E-state index in [0.717, 1.165) is 11.3 Å². The summed E-state index contributed by atoms with van der Waals surface area (Å²) in [5, 5.41) is 13.2. The molecule has 2 aromatic heterocycles. The number of thiazole rings is 1. The van der Waals surface area contributed by atoms with Gasteiger partial charge in [0.05, 0.1) is 30.4 Å². The summed E-state index contributed by atoms with van der Waals surface area (Å²) in [6.07, 6.45) is -4.57. The van der Waals surface area contributed by atoms with Crippen LogP contribution in [-0.2, 0) is 28.7 Å². The van der Waals surface area contributed by atoms with E-state index in [4.69, 9.17) is 16.3 Å². The third-order valence-corrected chi connectivity index (χ3v) is 6.55. The second-order valence-electron chi connectivity index (χ2n) is 8.46. The highest BCUT2D eigenvalue weighted by atomic mass is 35.5. The van der Waals surface area contributed by atoms with Gasteiger partial charge < -0.3 is 14.4 Å². The summed E-state index contributed by atoms with van der Waals surface area (Å²) in [7, 11) is 0. The van der Waals surface area contributed by atoms with Gasteiger partial charge in [-0.1, -0.05) is 42.9 Å². The predicted octanol–water partition coefficient (Wildman–Crippen LogP) is 5.85. The number of amides is 1. The Kier molecular flexibility index (Phi) is 8.98. The van der Waals surface area contributed by atoms with Crippen molar-refractivity contribution < 1.29 is 37.0 Å². The van der Waals surface area contributed by atoms with E-state index in [2.05, 4.69) is 10.3 Å². The quantitative estimate of drug-likeness (QED) is 0.252. The number of hydrogen-bond acceptors (Lipinski definition) is 6. The van der Waals surface area contributed by atoms with Gasteiger partial charge in [-0.05, 0) is 42.2 Å². The van der Waals surface area contributed by atoms with Crippen molar-refractivity contribution >= 4 is 39.9 Å². The average Bonchev–Trinajstić information content (AvgIpc) is 3.37. The number of aliphatic hydroxyl groups is 1. The molecule has 1 amide bonds. The molecule has 1 aromatic carbocycles. The number of anilines is 1. The molecule has 0 bridgehead atoms. The molecule has 0 saturated heterocycles. The van der Waals surface area contributed by atoms with E-state index in [9.17, 15) is 32.3 Å². The minimum Gasteiger partial charge on any atom is -0.466 e. The molecular formula is C24H24ClF4N3O4S. The van der Waals surface area contributed by atoms with Gasteiger partial charge in [0.15, 0.2) is 5.13 Å². The van der Waals surface area contributed by atoms with Crippen LogP contribution in [0.5, 0.6) is 0 Å². The molecule has 200 valence electrons. The number of benzene rings is 1. The SMILES string of the molecule is CCOC(=O)Cc1nc(NC(=O)c2cc(C(O)C(C)C)cn2Cc2ccc(F)c(C(F)(F)F)c2)sc1Cl. The highest BCUT2D eigenvalue weighted by Crippen LogP contribution is 2.33. The van der Waals surface area contributed by atoms with Crippen molar-refractivity contribution in [1.29, 1.82) is 0 Å². The average molecular weight is 562 g/mol.